The molecule has 0 saturated carbocycles. The molecule has 6 nitrogen and oxygen atoms in total. The van der Waals surface area contributed by atoms with Crippen molar-refractivity contribution in [2.45, 2.75) is 56.0 Å². The Labute approximate surface area is 130 Å². The molecule has 0 amide bonds. The second-order valence-corrected chi connectivity index (χ2v) is 6.95. The summed E-state index contributed by atoms with van der Waals surface area (Å²) < 4.78 is 32.0. The third-order valence-electron chi connectivity index (χ3n) is 3.52. The lowest BCUT2D eigenvalue weighted by molar-refractivity contribution is 0.0137. The molecule has 114 valence electrons. The van der Waals surface area contributed by atoms with Crippen LogP contribution in [0.3, 0.4) is 0 Å². The van der Waals surface area contributed by atoms with Crippen LogP contribution in [0.1, 0.15) is 25.7 Å². The highest BCUT2D eigenvalue weighted by Crippen LogP contribution is 2.31. The van der Waals surface area contributed by atoms with Crippen molar-refractivity contribution < 1.29 is 28.0 Å². The lowest BCUT2D eigenvalue weighted by atomic mass is 9.96. The molecule has 2 aliphatic rings. The van der Waals surface area contributed by atoms with Crippen molar-refractivity contribution in [3.05, 3.63) is 0 Å². The second kappa shape index (κ2) is 8.93. The van der Waals surface area contributed by atoms with Gasteiger partial charge in [0, 0.05) is 25.4 Å². The fourth-order valence-electron chi connectivity index (χ4n) is 2.49. The van der Waals surface area contributed by atoms with Crippen molar-refractivity contribution >= 4 is 32.8 Å². The molecule has 0 bridgehead atoms. The van der Waals surface area contributed by atoms with Crippen molar-refractivity contribution in [1.29, 1.82) is 0 Å². The van der Waals surface area contributed by atoms with Crippen LogP contribution in [-0.2, 0) is 23.1 Å². The van der Waals surface area contributed by atoms with Gasteiger partial charge in [-0.1, -0.05) is 0 Å². The Kier molecular flexibility index (Phi) is 7.57. The lowest BCUT2D eigenvalue weighted by Crippen LogP contribution is -2.26. The molecule has 7 atom stereocenters. The molecule has 2 heterocycles. The maximum absolute atomic E-state index is 10.6. The van der Waals surface area contributed by atoms with Gasteiger partial charge in [-0.05, 0) is 31.8 Å². The van der Waals surface area contributed by atoms with E-state index in [-0.39, 0.29) is 24.8 Å². The average molecular weight is 331 g/mol. The van der Waals surface area contributed by atoms with Gasteiger partial charge in [0.1, 0.15) is 28.4 Å². The number of ether oxygens (including phenoxy) is 2. The Morgan fingerprint density at radius 1 is 1.29 bits per heavy atom. The number of hydrogen-bond donors (Lipinski definition) is 1. The van der Waals surface area contributed by atoms with Gasteiger partial charge in [0.15, 0.2) is 0 Å². The monoisotopic (exact) mass is 331 g/mol. The zero-order chi connectivity index (χ0) is 15.2. The van der Waals surface area contributed by atoms with Gasteiger partial charge in [-0.2, -0.15) is 0 Å². The number of hydrogen-bond acceptors (Lipinski definition) is 5. The van der Waals surface area contributed by atoms with Gasteiger partial charge >= 0.3 is 8.25 Å². The van der Waals surface area contributed by atoms with Crippen LogP contribution in [0.2, 0.25) is 0 Å². The molecule has 0 aromatic carbocycles. The zero-order valence-electron chi connectivity index (χ0n) is 11.7. The number of rotatable bonds is 8. The molecule has 0 aliphatic carbocycles. The fourth-order valence-corrected chi connectivity index (χ4v) is 3.78. The lowest BCUT2D eigenvalue weighted by Gasteiger charge is -2.17. The molecule has 1 N–H and O–H groups in total. The van der Waals surface area contributed by atoms with E-state index in [1.54, 1.807) is 0 Å². The second-order valence-electron chi connectivity index (χ2n) is 5.20. The van der Waals surface area contributed by atoms with Crippen LogP contribution in [0, 0.1) is 0 Å². The van der Waals surface area contributed by atoms with Gasteiger partial charge in [-0.25, -0.2) is 0 Å². The van der Waals surface area contributed by atoms with Gasteiger partial charge in [0.2, 0.25) is 0 Å². The Morgan fingerprint density at radius 3 is 2.76 bits per heavy atom. The first-order valence-corrected chi connectivity index (χ1v) is 9.29. The molecule has 0 spiro atoms. The summed E-state index contributed by atoms with van der Waals surface area (Å²) >= 11 is 0. The standard InChI is InChI=1S/C11H18B2O6P2/c12-10-2-1-7(17-10)3-4-20-19-8-5-11(13)18-9(8)6-16-21(14)15/h7-11,20H,1-6H2/p+1/t7?,8-,9?,10?,11?/m0/s1. The van der Waals surface area contributed by atoms with Crippen molar-refractivity contribution in [2.24, 2.45) is 0 Å². The van der Waals surface area contributed by atoms with Crippen molar-refractivity contribution in [1.82, 2.24) is 0 Å². The molecular formula is C11H19B2O6P2+. The Hall–Kier alpha value is 0.460. The van der Waals surface area contributed by atoms with Crippen LogP contribution in [0.25, 0.3) is 0 Å². The minimum Gasteiger partial charge on any atom is -0.385 e. The van der Waals surface area contributed by atoms with E-state index >= 15 is 0 Å². The normalized spacial score (nSPS) is 37.6. The fraction of sp³-hybridized carbons (Fsp3) is 1.00. The van der Waals surface area contributed by atoms with Gasteiger partial charge < -0.3 is 14.0 Å². The molecule has 4 radical (unpaired) electrons. The molecule has 2 fully saturated rings. The summed E-state index contributed by atoms with van der Waals surface area (Å²) in [6.07, 6.45) is 3.95. The van der Waals surface area contributed by atoms with E-state index in [2.05, 4.69) is 4.52 Å². The summed E-state index contributed by atoms with van der Waals surface area (Å²) in [4.78, 5) is 8.66. The minimum atomic E-state index is -2.63. The quantitative estimate of drug-likeness (QED) is 0.406. The van der Waals surface area contributed by atoms with Gasteiger partial charge in [-0.15, -0.1) is 9.42 Å². The predicted molar refractivity (Wildman–Crippen MR) is 81.1 cm³/mol. The summed E-state index contributed by atoms with van der Waals surface area (Å²) in [7, 11) is 9.08. The summed E-state index contributed by atoms with van der Waals surface area (Å²) in [6, 6.07) is -0.538. The molecule has 10 heteroatoms. The minimum absolute atomic E-state index is 0.00907. The Bertz CT molecular complexity index is 351. The van der Waals surface area contributed by atoms with Crippen LogP contribution in [0.15, 0.2) is 0 Å². The van der Waals surface area contributed by atoms with E-state index in [1.165, 1.54) is 0 Å². The Balaban J connectivity index is 1.62. The van der Waals surface area contributed by atoms with E-state index in [9.17, 15) is 4.57 Å². The topological polar surface area (TPSA) is 74.2 Å². The molecule has 6 unspecified atom stereocenters. The van der Waals surface area contributed by atoms with Crippen molar-refractivity contribution in [2.75, 3.05) is 12.8 Å². The van der Waals surface area contributed by atoms with Gasteiger partial charge in [0.25, 0.3) is 0 Å². The molecule has 2 aliphatic heterocycles. The van der Waals surface area contributed by atoms with E-state index in [0.29, 0.717) is 15.2 Å². The van der Waals surface area contributed by atoms with Gasteiger partial charge in [-0.3, -0.25) is 0 Å². The van der Waals surface area contributed by atoms with Gasteiger partial charge in [0.05, 0.1) is 12.2 Å². The highest BCUT2D eigenvalue weighted by molar-refractivity contribution is 7.32. The van der Waals surface area contributed by atoms with Crippen molar-refractivity contribution in [3.8, 4) is 0 Å². The van der Waals surface area contributed by atoms with E-state index in [0.717, 1.165) is 25.4 Å². The molecule has 21 heavy (non-hydrogen) atoms. The molecule has 2 rings (SSSR count). The first-order chi connectivity index (χ1) is 10.0. The third-order valence-corrected chi connectivity index (χ3v) is 4.85. The summed E-state index contributed by atoms with van der Waals surface area (Å²) in [5.74, 6) is 0. The first kappa shape index (κ1) is 17.8. The summed E-state index contributed by atoms with van der Waals surface area (Å²) in [6.45, 7) is 0.00907. The van der Waals surface area contributed by atoms with E-state index in [4.69, 9.17) is 34.6 Å². The molecular weight excluding hydrogens is 312 g/mol. The highest BCUT2D eigenvalue weighted by atomic mass is 31.1. The molecule has 2 saturated heterocycles. The average Bonchev–Trinajstić information content (AvgIpc) is 2.98. The summed E-state index contributed by atoms with van der Waals surface area (Å²) in [5.41, 5.74) is 0. The van der Waals surface area contributed by atoms with Crippen molar-refractivity contribution in [3.63, 3.8) is 0 Å². The third kappa shape index (κ3) is 6.23. The zero-order valence-corrected chi connectivity index (χ0v) is 13.6. The Morgan fingerprint density at radius 2 is 2.10 bits per heavy atom. The van der Waals surface area contributed by atoms with E-state index < -0.39 is 20.4 Å². The smallest absolute Gasteiger partial charge is 0.385 e. The molecule has 0 aromatic rings. The predicted octanol–water partition coefficient (Wildman–Crippen LogP) is 0.979. The van der Waals surface area contributed by atoms with Crippen LogP contribution < -0.4 is 0 Å². The molecule has 0 aromatic heterocycles. The largest absolute Gasteiger partial charge is 0.694 e. The maximum Gasteiger partial charge on any atom is 0.694 e. The van der Waals surface area contributed by atoms with Crippen LogP contribution in [-0.4, -0.2) is 63.7 Å². The maximum atomic E-state index is 10.6. The highest BCUT2D eigenvalue weighted by Gasteiger charge is 2.36. The van der Waals surface area contributed by atoms with Crippen LogP contribution in [0.4, 0.5) is 0 Å². The van der Waals surface area contributed by atoms with E-state index in [1.807, 2.05) is 0 Å². The SMILES string of the molecule is [B]C1CCC(CCPO[C@H]2CC([B])OC2CO[P+](=O)O)O1. The van der Waals surface area contributed by atoms with Crippen LogP contribution >= 0.6 is 17.1 Å². The first-order valence-electron chi connectivity index (χ1n) is 7.04. The summed E-state index contributed by atoms with van der Waals surface area (Å²) in [5, 5.41) is 0. The van der Waals surface area contributed by atoms with Crippen LogP contribution in [0.5, 0.6) is 0 Å².